The Morgan fingerprint density at radius 2 is 2.15 bits per heavy atom. The summed E-state index contributed by atoms with van der Waals surface area (Å²) in [5.41, 5.74) is 0.318. The summed E-state index contributed by atoms with van der Waals surface area (Å²) in [6.45, 7) is 2.71. The number of fused-ring (bicyclic) bond motifs is 3. The summed E-state index contributed by atoms with van der Waals surface area (Å²) in [7, 11) is 1.58. The first-order valence-electron chi connectivity index (χ1n) is 8.43. The van der Waals surface area contributed by atoms with Crippen molar-refractivity contribution in [3.63, 3.8) is 0 Å². The zero-order chi connectivity index (χ0) is 19.1. The number of nitrogens with one attached hydrogen (secondary N) is 1. The van der Waals surface area contributed by atoms with Gasteiger partial charge in [0.2, 0.25) is 5.43 Å². The van der Waals surface area contributed by atoms with E-state index in [1.54, 1.807) is 23.0 Å². The van der Waals surface area contributed by atoms with Gasteiger partial charge < -0.3 is 19.7 Å². The van der Waals surface area contributed by atoms with Crippen LogP contribution in [0.2, 0.25) is 0 Å². The van der Waals surface area contributed by atoms with Crippen LogP contribution in [0.5, 0.6) is 0 Å². The molecule has 140 valence electrons. The minimum absolute atomic E-state index is 0.0367. The van der Waals surface area contributed by atoms with Crippen molar-refractivity contribution in [3.8, 4) is 0 Å². The highest BCUT2D eigenvalue weighted by Crippen LogP contribution is 2.32. The molecule has 4 rings (SSSR count). The minimum Gasteiger partial charge on any atom is -0.477 e. The van der Waals surface area contributed by atoms with Crippen LogP contribution in [0.4, 0.5) is 10.1 Å². The molecular formula is C18H17FN4O3S. The summed E-state index contributed by atoms with van der Waals surface area (Å²) < 4.78 is 16.8. The number of hydrogen-bond acceptors (Lipinski definition) is 6. The molecule has 3 heterocycles. The van der Waals surface area contributed by atoms with Crippen molar-refractivity contribution in [2.75, 3.05) is 38.1 Å². The molecular weight excluding hydrogens is 371 g/mol. The number of hydrogen-bond donors (Lipinski definition) is 2. The third-order valence-electron chi connectivity index (χ3n) is 4.70. The summed E-state index contributed by atoms with van der Waals surface area (Å²) in [5, 5.41) is 14.5. The standard InChI is InChI=1S/C18H17FN4O3S/c1-20-9-11-14-10(8-12(19)15(11)22-4-2-21-3-5-22)16(24)13(18(25)26)17-23(14)6-7-27-17/h6-9,21H,2-5H2,1H3,(H,25,26). The van der Waals surface area contributed by atoms with Gasteiger partial charge in [0.15, 0.2) is 0 Å². The number of nitrogens with zero attached hydrogens (tertiary/aromatic N) is 3. The lowest BCUT2D eigenvalue weighted by molar-refractivity contribution is 0.0697. The number of aromatic carboxylic acids is 1. The fourth-order valence-corrected chi connectivity index (χ4v) is 4.47. The average molecular weight is 388 g/mol. The van der Waals surface area contributed by atoms with Crippen LogP contribution in [0.3, 0.4) is 0 Å². The smallest absolute Gasteiger partial charge is 0.342 e. The number of rotatable bonds is 3. The van der Waals surface area contributed by atoms with Crippen LogP contribution in [0.1, 0.15) is 15.9 Å². The van der Waals surface area contributed by atoms with Gasteiger partial charge in [-0.2, -0.15) is 0 Å². The number of aromatic nitrogens is 1. The number of halogens is 1. The molecule has 1 fully saturated rings. The molecule has 1 aliphatic rings. The molecule has 0 amide bonds. The molecule has 9 heteroatoms. The van der Waals surface area contributed by atoms with Crippen molar-refractivity contribution in [2.45, 2.75) is 0 Å². The average Bonchev–Trinajstić information content (AvgIpc) is 3.11. The van der Waals surface area contributed by atoms with E-state index in [1.807, 2.05) is 4.90 Å². The number of thiazole rings is 1. The van der Waals surface area contributed by atoms with Crippen molar-refractivity contribution in [1.29, 1.82) is 0 Å². The number of pyridine rings is 1. The number of benzene rings is 1. The van der Waals surface area contributed by atoms with Crippen LogP contribution < -0.4 is 15.6 Å². The molecule has 0 atom stereocenters. The molecule has 1 saturated heterocycles. The van der Waals surface area contributed by atoms with E-state index in [-0.39, 0.29) is 10.9 Å². The maximum absolute atomic E-state index is 15.1. The number of carboxylic acids is 1. The van der Waals surface area contributed by atoms with Crippen LogP contribution in [-0.2, 0) is 0 Å². The Morgan fingerprint density at radius 1 is 1.41 bits per heavy atom. The van der Waals surface area contributed by atoms with E-state index in [0.717, 1.165) is 30.5 Å². The third-order valence-corrected chi connectivity index (χ3v) is 5.58. The molecule has 0 bridgehead atoms. The van der Waals surface area contributed by atoms with E-state index in [4.69, 9.17) is 0 Å². The van der Waals surface area contributed by atoms with Crippen LogP contribution in [0, 0.1) is 5.82 Å². The fourth-order valence-electron chi connectivity index (χ4n) is 3.60. The number of aliphatic imine (C=N–C) groups is 1. The first kappa shape index (κ1) is 17.6. The van der Waals surface area contributed by atoms with Crippen molar-refractivity contribution in [2.24, 2.45) is 4.99 Å². The molecule has 2 N–H and O–H groups in total. The van der Waals surface area contributed by atoms with Gasteiger partial charge in [-0.1, -0.05) is 0 Å². The Hall–Kier alpha value is -2.78. The van der Waals surface area contributed by atoms with Crippen LogP contribution in [-0.4, -0.2) is 54.9 Å². The van der Waals surface area contributed by atoms with Crippen LogP contribution >= 0.6 is 11.3 Å². The Morgan fingerprint density at radius 3 is 2.81 bits per heavy atom. The van der Waals surface area contributed by atoms with Gasteiger partial charge in [0.25, 0.3) is 0 Å². The van der Waals surface area contributed by atoms with Crippen LogP contribution in [0.15, 0.2) is 27.4 Å². The Kier molecular flexibility index (Phi) is 4.40. The number of piperazine rings is 1. The van der Waals surface area contributed by atoms with Gasteiger partial charge in [-0.05, 0) is 6.07 Å². The first-order valence-corrected chi connectivity index (χ1v) is 9.31. The quantitative estimate of drug-likeness (QED) is 0.669. The number of carbonyl (C=O) groups is 1. The Balaban J connectivity index is 2.18. The Labute approximate surface area is 157 Å². The fraction of sp³-hybridized carbons (Fsp3) is 0.278. The van der Waals surface area contributed by atoms with Gasteiger partial charge in [-0.25, -0.2) is 9.18 Å². The monoisotopic (exact) mass is 388 g/mol. The second kappa shape index (κ2) is 6.75. The maximum atomic E-state index is 15.1. The lowest BCUT2D eigenvalue weighted by atomic mass is 10.0. The molecule has 2 aromatic heterocycles. The lowest BCUT2D eigenvalue weighted by Gasteiger charge is -2.31. The van der Waals surface area contributed by atoms with Gasteiger partial charge in [0.1, 0.15) is 16.2 Å². The molecule has 0 aliphatic carbocycles. The topological polar surface area (TPSA) is 86.4 Å². The van der Waals surface area contributed by atoms with Crippen molar-refractivity contribution < 1.29 is 14.3 Å². The SMILES string of the molecule is CN=Cc1c(N2CCNCC2)c(F)cc2c(=O)c(C(=O)O)c3sccn3c12. The molecule has 7 nitrogen and oxygen atoms in total. The molecule has 1 aromatic carbocycles. The summed E-state index contributed by atoms with van der Waals surface area (Å²) in [6.07, 6.45) is 3.23. The molecule has 0 radical (unpaired) electrons. The van der Waals surface area contributed by atoms with Crippen molar-refractivity contribution in [1.82, 2.24) is 9.72 Å². The van der Waals surface area contributed by atoms with Crippen molar-refractivity contribution in [3.05, 3.63) is 44.8 Å². The van der Waals surface area contributed by atoms with Gasteiger partial charge in [0.05, 0.1) is 16.6 Å². The van der Waals surface area contributed by atoms with Gasteiger partial charge >= 0.3 is 5.97 Å². The second-order valence-electron chi connectivity index (χ2n) is 6.23. The zero-order valence-corrected chi connectivity index (χ0v) is 15.3. The van der Waals surface area contributed by atoms with E-state index < -0.39 is 17.2 Å². The van der Waals surface area contributed by atoms with E-state index in [0.29, 0.717) is 34.7 Å². The number of carboxylic acid groups (broad SMARTS) is 1. The van der Waals surface area contributed by atoms with Gasteiger partial charge in [-0.15, -0.1) is 11.3 Å². The van der Waals surface area contributed by atoms with Crippen LogP contribution in [0.25, 0.3) is 15.7 Å². The lowest BCUT2D eigenvalue weighted by Crippen LogP contribution is -2.44. The molecule has 27 heavy (non-hydrogen) atoms. The predicted molar refractivity (Wildman–Crippen MR) is 105 cm³/mol. The summed E-state index contributed by atoms with van der Waals surface area (Å²) in [4.78, 5) is 30.8. The van der Waals surface area contributed by atoms with Crippen molar-refractivity contribution >= 4 is 44.9 Å². The van der Waals surface area contributed by atoms with Gasteiger partial charge in [0, 0.05) is 56.6 Å². The second-order valence-corrected chi connectivity index (χ2v) is 7.12. The summed E-state index contributed by atoms with van der Waals surface area (Å²) in [6, 6.07) is 1.15. The Bertz CT molecular complexity index is 1150. The molecule has 1 aliphatic heterocycles. The molecule has 0 spiro atoms. The summed E-state index contributed by atoms with van der Waals surface area (Å²) >= 11 is 1.16. The van der Waals surface area contributed by atoms with E-state index in [2.05, 4.69) is 10.3 Å². The van der Waals surface area contributed by atoms with E-state index >= 15 is 4.39 Å². The zero-order valence-electron chi connectivity index (χ0n) is 14.5. The van der Waals surface area contributed by atoms with E-state index in [1.165, 1.54) is 6.21 Å². The predicted octanol–water partition coefficient (Wildman–Crippen LogP) is 1.81. The largest absolute Gasteiger partial charge is 0.477 e. The maximum Gasteiger partial charge on any atom is 0.342 e. The first-order chi connectivity index (χ1) is 13.0. The third kappa shape index (κ3) is 2.70. The molecule has 0 saturated carbocycles. The molecule has 3 aromatic rings. The highest BCUT2D eigenvalue weighted by Gasteiger charge is 2.26. The minimum atomic E-state index is -1.32. The highest BCUT2D eigenvalue weighted by molar-refractivity contribution is 7.16. The van der Waals surface area contributed by atoms with E-state index in [9.17, 15) is 14.7 Å². The van der Waals surface area contributed by atoms with Gasteiger partial charge in [-0.3, -0.25) is 9.79 Å². The number of anilines is 1. The molecule has 0 unspecified atom stereocenters. The summed E-state index contributed by atoms with van der Waals surface area (Å²) in [5.74, 6) is -1.87. The normalized spacial score (nSPS) is 15.3. The highest BCUT2D eigenvalue weighted by atomic mass is 32.1.